The van der Waals surface area contributed by atoms with Gasteiger partial charge in [0.2, 0.25) is 0 Å². The van der Waals surface area contributed by atoms with Gasteiger partial charge in [0.15, 0.2) is 11.5 Å². The van der Waals surface area contributed by atoms with Crippen molar-refractivity contribution in [1.82, 2.24) is 0 Å². The van der Waals surface area contributed by atoms with Crippen LogP contribution in [0.1, 0.15) is 18.4 Å². The zero-order chi connectivity index (χ0) is 17.2. The van der Waals surface area contributed by atoms with Gasteiger partial charge in [-0.05, 0) is 47.6 Å². The maximum atomic E-state index is 12.6. The Morgan fingerprint density at radius 2 is 1.79 bits per heavy atom. The second-order valence-corrected chi connectivity index (χ2v) is 5.78. The lowest BCUT2D eigenvalue weighted by atomic mass is 10.00. The number of halogens is 3. The van der Waals surface area contributed by atoms with E-state index in [1.165, 1.54) is 18.2 Å². The molecule has 1 aliphatic carbocycles. The van der Waals surface area contributed by atoms with Gasteiger partial charge in [-0.15, -0.1) is 13.2 Å². The molecular weight excluding hydrogens is 321 g/mol. The fraction of sp³-hybridized carbons (Fsp3) is 0.333. The minimum absolute atomic E-state index is 0.0597. The van der Waals surface area contributed by atoms with E-state index in [9.17, 15) is 18.3 Å². The quantitative estimate of drug-likeness (QED) is 0.841. The Hall–Kier alpha value is -2.21. The van der Waals surface area contributed by atoms with Gasteiger partial charge in [-0.3, -0.25) is 0 Å². The van der Waals surface area contributed by atoms with E-state index in [1.54, 1.807) is 24.3 Å². The minimum atomic E-state index is -4.78. The molecule has 128 valence electrons. The van der Waals surface area contributed by atoms with Crippen molar-refractivity contribution in [3.8, 4) is 22.6 Å². The SMILES string of the molecule is OCc1ccccc1-c1ccc(OC(F)(F)F)c(OCC2CC2)c1. The Labute approximate surface area is 137 Å². The Morgan fingerprint density at radius 3 is 2.46 bits per heavy atom. The van der Waals surface area contributed by atoms with Crippen molar-refractivity contribution in [2.75, 3.05) is 6.61 Å². The van der Waals surface area contributed by atoms with Gasteiger partial charge in [-0.25, -0.2) is 0 Å². The van der Waals surface area contributed by atoms with Crippen molar-refractivity contribution >= 4 is 0 Å². The summed E-state index contributed by atoms with van der Waals surface area (Å²) in [5.41, 5.74) is 2.10. The number of alkyl halides is 3. The van der Waals surface area contributed by atoms with Crippen LogP contribution in [0.2, 0.25) is 0 Å². The van der Waals surface area contributed by atoms with E-state index in [2.05, 4.69) is 4.74 Å². The molecule has 0 atom stereocenters. The first-order valence-corrected chi connectivity index (χ1v) is 7.68. The highest BCUT2D eigenvalue weighted by atomic mass is 19.4. The van der Waals surface area contributed by atoms with Crippen LogP contribution in [-0.2, 0) is 6.61 Å². The lowest BCUT2D eigenvalue weighted by molar-refractivity contribution is -0.275. The van der Waals surface area contributed by atoms with Crippen LogP contribution < -0.4 is 9.47 Å². The van der Waals surface area contributed by atoms with E-state index in [1.807, 2.05) is 0 Å². The number of hydrogen-bond donors (Lipinski definition) is 1. The average Bonchev–Trinajstić information content (AvgIpc) is 3.37. The normalized spacial score (nSPS) is 14.5. The Balaban J connectivity index is 1.94. The predicted octanol–water partition coefficient (Wildman–Crippen LogP) is 4.53. The predicted molar refractivity (Wildman–Crippen MR) is 82.7 cm³/mol. The zero-order valence-corrected chi connectivity index (χ0v) is 12.8. The highest BCUT2D eigenvalue weighted by Crippen LogP contribution is 2.38. The van der Waals surface area contributed by atoms with E-state index in [0.29, 0.717) is 23.7 Å². The molecule has 0 spiro atoms. The first-order valence-electron chi connectivity index (χ1n) is 7.68. The third-order valence-corrected chi connectivity index (χ3v) is 3.84. The fourth-order valence-electron chi connectivity index (χ4n) is 2.43. The summed E-state index contributed by atoms with van der Waals surface area (Å²) in [6.45, 7) is 0.217. The van der Waals surface area contributed by atoms with Crippen LogP contribution in [0.5, 0.6) is 11.5 Å². The Morgan fingerprint density at radius 1 is 1.04 bits per heavy atom. The van der Waals surface area contributed by atoms with Gasteiger partial charge < -0.3 is 14.6 Å². The van der Waals surface area contributed by atoms with E-state index in [-0.39, 0.29) is 18.1 Å². The molecule has 0 radical (unpaired) electrons. The van der Waals surface area contributed by atoms with Crippen LogP contribution in [0.3, 0.4) is 0 Å². The summed E-state index contributed by atoms with van der Waals surface area (Å²) >= 11 is 0. The summed E-state index contributed by atoms with van der Waals surface area (Å²) in [5.74, 6) is 0.106. The van der Waals surface area contributed by atoms with Gasteiger partial charge in [0.1, 0.15) is 0 Å². The molecule has 6 heteroatoms. The van der Waals surface area contributed by atoms with Crippen molar-refractivity contribution in [2.45, 2.75) is 25.8 Å². The second kappa shape index (κ2) is 6.73. The molecule has 0 bridgehead atoms. The molecule has 24 heavy (non-hydrogen) atoms. The lowest BCUT2D eigenvalue weighted by Crippen LogP contribution is -2.18. The van der Waals surface area contributed by atoms with E-state index in [4.69, 9.17) is 4.74 Å². The van der Waals surface area contributed by atoms with Crippen LogP contribution in [0.4, 0.5) is 13.2 Å². The first kappa shape index (κ1) is 16.6. The van der Waals surface area contributed by atoms with Gasteiger partial charge in [-0.1, -0.05) is 30.3 Å². The monoisotopic (exact) mass is 338 g/mol. The molecule has 1 aliphatic rings. The van der Waals surface area contributed by atoms with Crippen molar-refractivity contribution in [3.63, 3.8) is 0 Å². The Bertz CT molecular complexity index is 709. The highest BCUT2D eigenvalue weighted by molar-refractivity contribution is 5.70. The molecule has 2 aromatic carbocycles. The molecule has 0 unspecified atom stereocenters. The van der Waals surface area contributed by atoms with Crippen LogP contribution in [0.15, 0.2) is 42.5 Å². The number of ether oxygens (including phenoxy) is 2. The summed E-state index contributed by atoms with van der Waals surface area (Å²) in [6.07, 6.45) is -2.72. The van der Waals surface area contributed by atoms with Crippen LogP contribution in [-0.4, -0.2) is 18.1 Å². The van der Waals surface area contributed by atoms with Gasteiger partial charge >= 0.3 is 6.36 Å². The topological polar surface area (TPSA) is 38.7 Å². The molecule has 0 amide bonds. The summed E-state index contributed by atoms with van der Waals surface area (Å²) in [4.78, 5) is 0. The van der Waals surface area contributed by atoms with Gasteiger partial charge in [0.05, 0.1) is 13.2 Å². The summed E-state index contributed by atoms with van der Waals surface area (Å²) in [6, 6.07) is 11.5. The molecule has 2 aromatic rings. The van der Waals surface area contributed by atoms with Crippen LogP contribution >= 0.6 is 0 Å². The molecule has 0 aliphatic heterocycles. The van der Waals surface area contributed by atoms with Crippen LogP contribution in [0, 0.1) is 5.92 Å². The first-order chi connectivity index (χ1) is 11.5. The number of hydrogen-bond acceptors (Lipinski definition) is 3. The van der Waals surface area contributed by atoms with E-state index >= 15 is 0 Å². The highest BCUT2D eigenvalue weighted by Gasteiger charge is 2.33. The van der Waals surface area contributed by atoms with E-state index in [0.717, 1.165) is 18.4 Å². The van der Waals surface area contributed by atoms with Crippen molar-refractivity contribution < 1.29 is 27.8 Å². The molecule has 1 N–H and O–H groups in total. The molecule has 1 fully saturated rings. The number of benzene rings is 2. The third kappa shape index (κ3) is 4.20. The molecular formula is C18H17F3O3. The number of aliphatic hydroxyl groups excluding tert-OH is 1. The summed E-state index contributed by atoms with van der Waals surface area (Å²) in [7, 11) is 0. The van der Waals surface area contributed by atoms with Crippen molar-refractivity contribution in [2.24, 2.45) is 5.92 Å². The molecule has 0 saturated heterocycles. The second-order valence-electron chi connectivity index (χ2n) is 5.78. The smallest absolute Gasteiger partial charge is 0.489 e. The van der Waals surface area contributed by atoms with Crippen molar-refractivity contribution in [1.29, 1.82) is 0 Å². The minimum Gasteiger partial charge on any atom is -0.489 e. The maximum absolute atomic E-state index is 12.6. The molecule has 3 nitrogen and oxygen atoms in total. The van der Waals surface area contributed by atoms with Crippen LogP contribution in [0.25, 0.3) is 11.1 Å². The molecule has 3 rings (SSSR count). The maximum Gasteiger partial charge on any atom is 0.573 e. The molecule has 1 saturated carbocycles. The van der Waals surface area contributed by atoms with Gasteiger partial charge in [-0.2, -0.15) is 0 Å². The summed E-state index contributed by atoms with van der Waals surface area (Å²) in [5, 5.41) is 9.44. The van der Waals surface area contributed by atoms with Gasteiger partial charge in [0, 0.05) is 0 Å². The summed E-state index contributed by atoms with van der Waals surface area (Å²) < 4.78 is 47.3. The van der Waals surface area contributed by atoms with E-state index < -0.39 is 6.36 Å². The largest absolute Gasteiger partial charge is 0.573 e. The lowest BCUT2D eigenvalue weighted by Gasteiger charge is -2.16. The molecule has 0 aromatic heterocycles. The fourth-order valence-corrected chi connectivity index (χ4v) is 2.43. The number of aliphatic hydroxyl groups is 1. The number of rotatable bonds is 6. The van der Waals surface area contributed by atoms with Crippen molar-refractivity contribution in [3.05, 3.63) is 48.0 Å². The third-order valence-electron chi connectivity index (χ3n) is 3.84. The zero-order valence-electron chi connectivity index (χ0n) is 12.8. The average molecular weight is 338 g/mol. The Kier molecular flexibility index (Phi) is 4.66. The van der Waals surface area contributed by atoms with Gasteiger partial charge in [0.25, 0.3) is 0 Å². The molecule has 0 heterocycles. The standard InChI is InChI=1S/C18H17F3O3/c19-18(20,21)24-16-8-7-13(9-17(16)23-11-12-5-6-12)15-4-2-1-3-14(15)10-22/h1-4,7-9,12,22H,5-6,10-11H2.